The molecule has 2 fully saturated rings. The fourth-order valence-electron chi connectivity index (χ4n) is 3.96. The van der Waals surface area contributed by atoms with Gasteiger partial charge in [0.15, 0.2) is 5.82 Å². The predicted octanol–water partition coefficient (Wildman–Crippen LogP) is 2.76. The first-order valence-electron chi connectivity index (χ1n) is 8.12. The van der Waals surface area contributed by atoms with Crippen LogP contribution in [0.4, 0.5) is 0 Å². The largest absolute Gasteiger partial charge is 0.348 e. The Morgan fingerprint density at radius 2 is 2.42 bits per heavy atom. The van der Waals surface area contributed by atoms with E-state index in [0.717, 1.165) is 24.1 Å². The van der Waals surface area contributed by atoms with Gasteiger partial charge in [-0.3, -0.25) is 4.79 Å². The molecule has 0 spiro atoms. The minimum absolute atomic E-state index is 0. The SMILES string of the molecule is CC[C@@]1(C(=O)NCc2noc(-c3cccs3)n2)C[C@@H]2CC[C@H]1N2.Cl. The molecule has 1 amide bonds. The number of fused-ring (bicyclic) bond motifs is 2. The molecule has 2 saturated heterocycles. The summed E-state index contributed by atoms with van der Waals surface area (Å²) in [5, 5.41) is 12.5. The summed E-state index contributed by atoms with van der Waals surface area (Å²) < 4.78 is 5.25. The van der Waals surface area contributed by atoms with Gasteiger partial charge >= 0.3 is 0 Å². The lowest BCUT2D eigenvalue weighted by molar-refractivity contribution is -0.132. The van der Waals surface area contributed by atoms with Crippen LogP contribution >= 0.6 is 23.7 Å². The molecular formula is C16H21ClN4O2S. The molecule has 0 aromatic carbocycles. The van der Waals surface area contributed by atoms with E-state index in [4.69, 9.17) is 4.52 Å². The second-order valence-electron chi connectivity index (χ2n) is 6.38. The molecule has 2 aromatic heterocycles. The molecule has 2 N–H and O–H groups in total. The zero-order chi connectivity index (χ0) is 15.9. The van der Waals surface area contributed by atoms with Crippen molar-refractivity contribution in [1.82, 2.24) is 20.8 Å². The molecule has 0 saturated carbocycles. The number of nitrogens with one attached hydrogen (secondary N) is 2. The summed E-state index contributed by atoms with van der Waals surface area (Å²) in [5.74, 6) is 1.14. The number of carbonyl (C=O) groups is 1. The van der Waals surface area contributed by atoms with Crippen molar-refractivity contribution >= 4 is 29.7 Å². The maximum atomic E-state index is 12.8. The highest BCUT2D eigenvalue weighted by Crippen LogP contribution is 2.45. The molecule has 130 valence electrons. The van der Waals surface area contributed by atoms with Crippen LogP contribution in [0.3, 0.4) is 0 Å². The van der Waals surface area contributed by atoms with E-state index in [1.54, 1.807) is 11.3 Å². The van der Waals surface area contributed by atoms with Gasteiger partial charge in [-0.2, -0.15) is 4.98 Å². The van der Waals surface area contributed by atoms with Crippen LogP contribution in [0.2, 0.25) is 0 Å². The number of nitrogens with zero attached hydrogens (tertiary/aromatic N) is 2. The van der Waals surface area contributed by atoms with E-state index in [0.29, 0.717) is 30.3 Å². The van der Waals surface area contributed by atoms with Crippen LogP contribution in [0.5, 0.6) is 0 Å². The fourth-order valence-corrected chi connectivity index (χ4v) is 4.61. The maximum Gasteiger partial charge on any atom is 0.268 e. The van der Waals surface area contributed by atoms with E-state index >= 15 is 0 Å². The zero-order valence-electron chi connectivity index (χ0n) is 13.4. The van der Waals surface area contributed by atoms with Crippen LogP contribution in [-0.2, 0) is 11.3 Å². The Labute approximate surface area is 150 Å². The smallest absolute Gasteiger partial charge is 0.268 e. The standard InChI is InChI=1S/C16H20N4O2S.ClH/c1-2-16(8-10-5-6-12(16)18-10)15(21)17-9-13-19-14(22-20-13)11-4-3-7-23-11;/h3-4,7,10,12,18H,2,5-6,8-9H2,1H3,(H,17,21);1H/t10-,12+,16+;/m0./s1. The summed E-state index contributed by atoms with van der Waals surface area (Å²) >= 11 is 1.55. The molecule has 6 nitrogen and oxygen atoms in total. The fraction of sp³-hybridized carbons (Fsp3) is 0.562. The molecule has 0 unspecified atom stereocenters. The van der Waals surface area contributed by atoms with Crippen molar-refractivity contribution in [2.75, 3.05) is 0 Å². The van der Waals surface area contributed by atoms with Crippen molar-refractivity contribution in [1.29, 1.82) is 0 Å². The summed E-state index contributed by atoms with van der Waals surface area (Å²) in [7, 11) is 0. The van der Waals surface area contributed by atoms with E-state index in [1.807, 2.05) is 17.5 Å². The van der Waals surface area contributed by atoms with Gasteiger partial charge in [0.2, 0.25) is 5.91 Å². The van der Waals surface area contributed by atoms with Gasteiger partial charge in [-0.25, -0.2) is 0 Å². The third-order valence-corrected chi connectivity index (χ3v) is 6.07. The number of hydrogen-bond donors (Lipinski definition) is 2. The number of carbonyl (C=O) groups excluding carboxylic acids is 1. The summed E-state index contributed by atoms with van der Waals surface area (Å²) in [6.45, 7) is 2.41. The van der Waals surface area contributed by atoms with Gasteiger partial charge in [-0.1, -0.05) is 18.1 Å². The molecule has 3 atom stereocenters. The highest BCUT2D eigenvalue weighted by Gasteiger charge is 2.54. The van der Waals surface area contributed by atoms with Crippen LogP contribution in [0.1, 0.15) is 38.4 Å². The summed E-state index contributed by atoms with van der Waals surface area (Å²) in [6, 6.07) is 4.69. The monoisotopic (exact) mass is 368 g/mol. The molecule has 24 heavy (non-hydrogen) atoms. The molecule has 0 radical (unpaired) electrons. The summed E-state index contributed by atoms with van der Waals surface area (Å²) in [6.07, 6.45) is 4.08. The van der Waals surface area contributed by atoms with E-state index in [9.17, 15) is 4.79 Å². The molecule has 2 aliphatic rings. The van der Waals surface area contributed by atoms with Crippen LogP contribution in [0.25, 0.3) is 10.8 Å². The van der Waals surface area contributed by atoms with Gasteiger partial charge < -0.3 is 15.2 Å². The first kappa shape index (κ1) is 17.4. The van der Waals surface area contributed by atoms with Crippen molar-refractivity contribution in [3.8, 4) is 10.8 Å². The van der Waals surface area contributed by atoms with Gasteiger partial charge in [0, 0.05) is 12.1 Å². The highest BCUT2D eigenvalue weighted by atomic mass is 35.5. The van der Waals surface area contributed by atoms with E-state index in [-0.39, 0.29) is 23.7 Å². The van der Waals surface area contributed by atoms with Crippen LogP contribution in [0.15, 0.2) is 22.0 Å². The molecule has 4 rings (SSSR count). The topological polar surface area (TPSA) is 80.1 Å². The number of amides is 1. The highest BCUT2D eigenvalue weighted by molar-refractivity contribution is 7.13. The second kappa shape index (κ2) is 6.82. The molecule has 2 aromatic rings. The van der Waals surface area contributed by atoms with E-state index in [2.05, 4.69) is 27.7 Å². The molecule has 8 heteroatoms. The molecule has 2 aliphatic heterocycles. The van der Waals surface area contributed by atoms with Gasteiger partial charge in [-0.15, -0.1) is 23.7 Å². The number of aromatic nitrogens is 2. The quantitative estimate of drug-likeness (QED) is 0.848. The minimum Gasteiger partial charge on any atom is -0.348 e. The maximum absolute atomic E-state index is 12.8. The van der Waals surface area contributed by atoms with Gasteiger partial charge in [0.05, 0.1) is 16.8 Å². The predicted molar refractivity (Wildman–Crippen MR) is 94.0 cm³/mol. The third kappa shape index (κ3) is 2.85. The lowest BCUT2D eigenvalue weighted by atomic mass is 9.71. The lowest BCUT2D eigenvalue weighted by Gasteiger charge is -2.34. The Balaban J connectivity index is 0.00000169. The van der Waals surface area contributed by atoms with Gasteiger partial charge in [0.25, 0.3) is 5.89 Å². The Kier molecular flexibility index (Phi) is 4.94. The van der Waals surface area contributed by atoms with Crippen molar-refractivity contribution in [3.63, 3.8) is 0 Å². The van der Waals surface area contributed by atoms with Gasteiger partial charge in [-0.05, 0) is 37.1 Å². The Hall–Kier alpha value is -1.44. The third-order valence-electron chi connectivity index (χ3n) is 5.21. The first-order chi connectivity index (χ1) is 11.2. The average molecular weight is 369 g/mol. The van der Waals surface area contributed by atoms with Crippen molar-refractivity contribution < 1.29 is 9.32 Å². The number of thiophene rings is 1. The molecule has 2 bridgehead atoms. The van der Waals surface area contributed by atoms with Gasteiger partial charge in [0.1, 0.15) is 0 Å². The van der Waals surface area contributed by atoms with Crippen molar-refractivity contribution in [2.45, 2.75) is 51.2 Å². The van der Waals surface area contributed by atoms with E-state index < -0.39 is 0 Å². The van der Waals surface area contributed by atoms with Crippen molar-refractivity contribution in [2.24, 2.45) is 5.41 Å². The Bertz CT molecular complexity index is 705. The minimum atomic E-state index is -0.275. The number of hydrogen-bond acceptors (Lipinski definition) is 6. The normalized spacial score (nSPS) is 27.9. The van der Waals surface area contributed by atoms with Crippen molar-refractivity contribution in [3.05, 3.63) is 23.3 Å². The Morgan fingerprint density at radius 1 is 1.54 bits per heavy atom. The van der Waals surface area contributed by atoms with E-state index in [1.165, 1.54) is 6.42 Å². The van der Waals surface area contributed by atoms with Crippen LogP contribution in [0, 0.1) is 5.41 Å². The molecule has 4 heterocycles. The van der Waals surface area contributed by atoms with Crippen LogP contribution < -0.4 is 10.6 Å². The lowest BCUT2D eigenvalue weighted by Crippen LogP contribution is -2.48. The molecule has 0 aliphatic carbocycles. The molecular weight excluding hydrogens is 348 g/mol. The number of halogens is 1. The first-order valence-corrected chi connectivity index (χ1v) is 9.00. The summed E-state index contributed by atoms with van der Waals surface area (Å²) in [4.78, 5) is 18.1. The van der Waals surface area contributed by atoms with Crippen LogP contribution in [-0.4, -0.2) is 28.1 Å². The summed E-state index contributed by atoms with van der Waals surface area (Å²) in [5.41, 5.74) is -0.275. The Morgan fingerprint density at radius 3 is 3.04 bits per heavy atom. The average Bonchev–Trinajstić information content (AvgIpc) is 3.35. The second-order valence-corrected chi connectivity index (χ2v) is 7.33. The zero-order valence-corrected chi connectivity index (χ0v) is 15.1. The number of rotatable bonds is 5.